The van der Waals surface area contributed by atoms with E-state index in [9.17, 15) is 4.79 Å². The largest absolute Gasteiger partial charge is 0.355 e. The smallest absolute Gasteiger partial charge is 0.233 e. The number of amides is 1. The third kappa shape index (κ3) is 4.61. The zero-order valence-corrected chi connectivity index (χ0v) is 8.85. The molecule has 0 radical (unpaired) electrons. The maximum Gasteiger partial charge on any atom is 0.233 e. The molecule has 1 fully saturated rings. The van der Waals surface area contributed by atoms with Gasteiger partial charge in [0.15, 0.2) is 0 Å². The first-order valence-corrected chi connectivity index (χ1v) is 5.63. The van der Waals surface area contributed by atoms with Crippen LogP contribution in [0, 0.1) is 5.89 Å². The van der Waals surface area contributed by atoms with Crippen molar-refractivity contribution in [2.24, 2.45) is 11.6 Å². The van der Waals surface area contributed by atoms with Crippen LogP contribution in [-0.2, 0) is 4.79 Å². The van der Waals surface area contributed by atoms with Gasteiger partial charge in [0.2, 0.25) is 5.91 Å². The lowest BCUT2D eigenvalue weighted by Crippen LogP contribution is -2.31. The number of rotatable bonds is 5. The molecular weight excluding hydrogens is 176 g/mol. The highest BCUT2D eigenvalue weighted by molar-refractivity contribution is 5.77. The van der Waals surface area contributed by atoms with Crippen molar-refractivity contribution in [3.8, 4) is 0 Å². The molecule has 3 N–H and O–H groups in total. The summed E-state index contributed by atoms with van der Waals surface area (Å²) < 4.78 is 8.21. The normalized spacial score (nSPS) is 21.4. The molecule has 0 saturated heterocycles. The lowest BCUT2D eigenvalue weighted by molar-refractivity contribution is -0.119. The van der Waals surface area contributed by atoms with Crippen molar-refractivity contribution in [1.82, 2.24) is 5.32 Å². The Morgan fingerprint density at radius 3 is 2.79 bits per heavy atom. The molecule has 0 unspecified atom stereocenters. The summed E-state index contributed by atoms with van der Waals surface area (Å²) in [7, 11) is 0. The maximum atomic E-state index is 10.9. The highest BCUT2D eigenvalue weighted by Gasteiger charge is 2.12. The van der Waals surface area contributed by atoms with E-state index in [-0.39, 0.29) is 18.3 Å². The summed E-state index contributed by atoms with van der Waals surface area (Å²) in [5, 5.41) is 2.74. The van der Waals surface area contributed by atoms with Gasteiger partial charge in [0.25, 0.3) is 0 Å². The number of hydrogen-bond acceptors (Lipinski definition) is 2. The third-order valence-electron chi connectivity index (χ3n) is 2.78. The molecule has 0 spiro atoms. The highest BCUT2D eigenvalue weighted by atomic mass is 16.1. The maximum absolute atomic E-state index is 10.9. The predicted octanol–water partition coefficient (Wildman–Crippen LogP) is 1.42. The van der Waals surface area contributed by atoms with E-state index in [2.05, 4.69) is 5.32 Å². The molecule has 1 aliphatic rings. The Bertz CT molecular complexity index is 203. The van der Waals surface area contributed by atoms with Crippen LogP contribution >= 0.6 is 0 Å². The lowest BCUT2D eigenvalue weighted by atomic mass is 9.86. The second-order valence-electron chi connectivity index (χ2n) is 3.97. The summed E-state index contributed by atoms with van der Waals surface area (Å²) in [4.78, 5) is 10.9. The molecule has 1 rings (SSSR count). The van der Waals surface area contributed by atoms with Crippen molar-refractivity contribution < 1.29 is 6.17 Å². The minimum absolute atomic E-state index is 0.0615. The minimum atomic E-state index is -0.217. The van der Waals surface area contributed by atoms with Gasteiger partial charge < -0.3 is 11.1 Å². The van der Waals surface area contributed by atoms with Crippen LogP contribution in [0.1, 0.15) is 46.3 Å². The SMILES string of the molecule is [2H]C1(CCCNC(=O)CN)CCCCC1. The molecule has 0 aromatic heterocycles. The third-order valence-corrected chi connectivity index (χ3v) is 2.78. The first-order valence-electron chi connectivity index (χ1n) is 6.13. The lowest BCUT2D eigenvalue weighted by Gasteiger charge is -2.21. The Balaban J connectivity index is 2.10. The molecule has 0 atom stereocenters. The molecular formula is C11H22N2O. The van der Waals surface area contributed by atoms with E-state index < -0.39 is 0 Å². The Kier molecular flexibility index (Phi) is 4.86. The van der Waals surface area contributed by atoms with Gasteiger partial charge in [0.05, 0.1) is 6.54 Å². The van der Waals surface area contributed by atoms with E-state index in [0.717, 1.165) is 25.7 Å². The number of carbonyl (C=O) groups is 1. The van der Waals surface area contributed by atoms with E-state index in [1.165, 1.54) is 19.3 Å². The molecule has 0 aromatic rings. The van der Waals surface area contributed by atoms with Gasteiger partial charge in [0, 0.05) is 7.92 Å². The number of nitrogens with two attached hydrogens (primary N) is 1. The van der Waals surface area contributed by atoms with Gasteiger partial charge in [-0.3, -0.25) is 4.79 Å². The summed E-state index contributed by atoms with van der Waals surface area (Å²) in [6.45, 7) is 0.725. The fourth-order valence-corrected chi connectivity index (χ4v) is 1.94. The van der Waals surface area contributed by atoms with Gasteiger partial charge in [-0.2, -0.15) is 0 Å². The zero-order valence-electron chi connectivity index (χ0n) is 9.85. The van der Waals surface area contributed by atoms with Gasteiger partial charge in [-0.25, -0.2) is 0 Å². The molecule has 82 valence electrons. The van der Waals surface area contributed by atoms with Gasteiger partial charge in [-0.1, -0.05) is 32.1 Å². The molecule has 1 amide bonds. The highest BCUT2D eigenvalue weighted by Crippen LogP contribution is 2.26. The predicted molar refractivity (Wildman–Crippen MR) is 57.9 cm³/mol. The van der Waals surface area contributed by atoms with Gasteiger partial charge >= 0.3 is 0 Å². The second-order valence-corrected chi connectivity index (χ2v) is 3.97. The second kappa shape index (κ2) is 6.82. The minimum Gasteiger partial charge on any atom is -0.355 e. The van der Waals surface area contributed by atoms with Crippen molar-refractivity contribution in [2.45, 2.75) is 44.9 Å². The van der Waals surface area contributed by atoms with E-state index in [4.69, 9.17) is 7.10 Å². The van der Waals surface area contributed by atoms with E-state index in [1.54, 1.807) is 0 Å². The van der Waals surface area contributed by atoms with Crippen LogP contribution in [0.3, 0.4) is 0 Å². The van der Waals surface area contributed by atoms with Crippen LogP contribution < -0.4 is 11.1 Å². The molecule has 0 heterocycles. The van der Waals surface area contributed by atoms with Crippen LogP contribution in [-0.4, -0.2) is 19.0 Å². The summed E-state index contributed by atoms with van der Waals surface area (Å²) >= 11 is 0. The molecule has 1 aliphatic carbocycles. The van der Waals surface area contributed by atoms with Crippen molar-refractivity contribution in [2.75, 3.05) is 13.1 Å². The average Bonchev–Trinajstić information content (AvgIpc) is 2.25. The van der Waals surface area contributed by atoms with Crippen molar-refractivity contribution in [3.05, 3.63) is 0 Å². The van der Waals surface area contributed by atoms with Crippen molar-refractivity contribution in [3.63, 3.8) is 0 Å². The van der Waals surface area contributed by atoms with Gasteiger partial charge in [0.1, 0.15) is 0 Å². The summed E-state index contributed by atoms with van der Waals surface area (Å²) in [6.07, 6.45) is 7.52. The topological polar surface area (TPSA) is 55.1 Å². The average molecular weight is 199 g/mol. The van der Waals surface area contributed by atoms with Crippen LogP contribution in [0.4, 0.5) is 0 Å². The zero-order chi connectivity index (χ0) is 11.1. The standard InChI is InChI=1S/C11H22N2O/c12-9-11(14)13-8-4-7-10-5-2-1-3-6-10/h10H,1-9,12H2,(H,13,14)/i10D. The summed E-state index contributed by atoms with van der Waals surface area (Å²) in [6, 6.07) is 0. The van der Waals surface area contributed by atoms with Crippen LogP contribution in [0.15, 0.2) is 0 Å². The molecule has 0 aliphatic heterocycles. The van der Waals surface area contributed by atoms with Gasteiger partial charge in [-0.15, -0.1) is 0 Å². The van der Waals surface area contributed by atoms with Crippen molar-refractivity contribution >= 4 is 5.91 Å². The van der Waals surface area contributed by atoms with Crippen molar-refractivity contribution in [1.29, 1.82) is 0 Å². The quantitative estimate of drug-likeness (QED) is 0.658. The Hall–Kier alpha value is -0.570. The molecule has 14 heavy (non-hydrogen) atoms. The van der Waals surface area contributed by atoms with Crippen LogP contribution in [0.5, 0.6) is 0 Å². The van der Waals surface area contributed by atoms with E-state index in [0.29, 0.717) is 6.54 Å². The van der Waals surface area contributed by atoms with Gasteiger partial charge in [-0.05, 0) is 18.7 Å². The van der Waals surface area contributed by atoms with E-state index in [1.807, 2.05) is 0 Å². The fourth-order valence-electron chi connectivity index (χ4n) is 1.94. The van der Waals surface area contributed by atoms with Crippen LogP contribution in [0.25, 0.3) is 0 Å². The number of hydrogen-bond donors (Lipinski definition) is 2. The van der Waals surface area contributed by atoms with Crippen LogP contribution in [0.2, 0.25) is 0 Å². The Labute approximate surface area is 87.8 Å². The van der Waals surface area contributed by atoms with E-state index >= 15 is 0 Å². The Morgan fingerprint density at radius 1 is 1.43 bits per heavy atom. The Morgan fingerprint density at radius 2 is 2.14 bits per heavy atom. The first kappa shape index (κ1) is 9.97. The number of nitrogens with one attached hydrogen (secondary N) is 1. The number of carbonyl (C=O) groups excluding carboxylic acids is 1. The molecule has 0 bridgehead atoms. The fraction of sp³-hybridized carbons (Fsp3) is 0.909. The molecule has 3 heteroatoms. The molecule has 3 nitrogen and oxygen atoms in total. The monoisotopic (exact) mass is 199 g/mol. The molecule has 1 saturated carbocycles. The molecule has 0 aromatic carbocycles. The first-order chi connectivity index (χ1) is 7.16. The summed E-state index contributed by atoms with van der Waals surface area (Å²) in [5.74, 6) is -0.316. The summed E-state index contributed by atoms with van der Waals surface area (Å²) in [5.41, 5.74) is 5.17.